The summed E-state index contributed by atoms with van der Waals surface area (Å²) < 4.78 is 0. The van der Waals surface area contributed by atoms with Crippen LogP contribution in [-0.4, -0.2) is 0 Å². The molecule has 0 amide bonds. The van der Waals surface area contributed by atoms with Crippen molar-refractivity contribution in [2.75, 3.05) is 0 Å². The van der Waals surface area contributed by atoms with Gasteiger partial charge in [0.1, 0.15) is 0 Å². The highest BCUT2D eigenvalue weighted by Gasteiger charge is 1.95. The molecule has 0 aliphatic rings. The number of allylic oxidation sites excluding steroid dienone is 1. The Balaban J connectivity index is 3.02. The Kier molecular flexibility index (Phi) is 2.87. The first kappa shape index (κ1) is 8.79. The first-order chi connectivity index (χ1) is 5.77. The summed E-state index contributed by atoms with van der Waals surface area (Å²) in [6, 6.07) is 6.36. The van der Waals surface area contributed by atoms with Gasteiger partial charge in [-0.2, -0.15) is 0 Å². The van der Waals surface area contributed by atoms with Gasteiger partial charge in [0.05, 0.1) is 0 Å². The van der Waals surface area contributed by atoms with E-state index in [2.05, 4.69) is 38.3 Å². The van der Waals surface area contributed by atoms with Gasteiger partial charge < -0.3 is 0 Å². The largest absolute Gasteiger partial charge is 0.103 e. The average Bonchev–Trinajstić information content (AvgIpc) is 2.09. The molecule has 1 rings (SSSR count). The van der Waals surface area contributed by atoms with Crippen LogP contribution in [0.15, 0.2) is 37.4 Å². The average molecular weight is 158 g/mol. The summed E-state index contributed by atoms with van der Waals surface area (Å²) in [6.45, 7) is 9.56. The minimum Gasteiger partial charge on any atom is -0.103 e. The molecule has 0 nitrogen and oxygen atoms in total. The van der Waals surface area contributed by atoms with Crippen LogP contribution in [0, 0.1) is 6.92 Å². The van der Waals surface area contributed by atoms with Crippen molar-refractivity contribution >= 4 is 6.08 Å². The van der Waals surface area contributed by atoms with Crippen molar-refractivity contribution in [1.29, 1.82) is 0 Å². The van der Waals surface area contributed by atoms with Gasteiger partial charge in [0.25, 0.3) is 0 Å². The Morgan fingerprint density at radius 3 is 2.58 bits per heavy atom. The fourth-order valence-corrected chi connectivity index (χ4v) is 1.23. The lowest BCUT2D eigenvalue weighted by Gasteiger charge is -2.03. The Hall–Kier alpha value is -1.30. The summed E-state index contributed by atoms with van der Waals surface area (Å²) in [5.74, 6) is 0. The van der Waals surface area contributed by atoms with Crippen LogP contribution in [0.1, 0.15) is 16.7 Å². The van der Waals surface area contributed by atoms with Crippen LogP contribution in [0.3, 0.4) is 0 Å². The molecular formula is C12H14. The van der Waals surface area contributed by atoms with Crippen molar-refractivity contribution < 1.29 is 0 Å². The van der Waals surface area contributed by atoms with Crippen LogP contribution in [0.5, 0.6) is 0 Å². The van der Waals surface area contributed by atoms with E-state index in [1.165, 1.54) is 16.7 Å². The van der Waals surface area contributed by atoms with E-state index >= 15 is 0 Å². The Morgan fingerprint density at radius 1 is 1.33 bits per heavy atom. The maximum absolute atomic E-state index is 3.73. The van der Waals surface area contributed by atoms with E-state index in [1.54, 1.807) is 0 Å². The fourth-order valence-electron chi connectivity index (χ4n) is 1.23. The molecule has 1 aromatic rings. The van der Waals surface area contributed by atoms with Gasteiger partial charge in [-0.25, -0.2) is 0 Å². The number of aryl methyl sites for hydroxylation is 1. The molecular weight excluding hydrogens is 144 g/mol. The monoisotopic (exact) mass is 158 g/mol. The molecule has 0 aliphatic carbocycles. The zero-order chi connectivity index (χ0) is 8.97. The van der Waals surface area contributed by atoms with Gasteiger partial charge in [-0.05, 0) is 30.0 Å². The molecule has 0 bridgehead atoms. The molecule has 0 N–H and O–H groups in total. The summed E-state index contributed by atoms with van der Waals surface area (Å²) >= 11 is 0. The van der Waals surface area contributed by atoms with Gasteiger partial charge in [-0.3, -0.25) is 0 Å². The lowest BCUT2D eigenvalue weighted by molar-refractivity contribution is 1.21. The smallest absolute Gasteiger partial charge is 0.00975 e. The van der Waals surface area contributed by atoms with Crippen LogP contribution in [0.4, 0.5) is 0 Å². The highest BCUT2D eigenvalue weighted by molar-refractivity contribution is 5.49. The predicted octanol–water partition coefficient (Wildman–Crippen LogP) is 3.37. The van der Waals surface area contributed by atoms with Crippen molar-refractivity contribution in [1.82, 2.24) is 0 Å². The number of hydrogen-bond acceptors (Lipinski definition) is 0. The summed E-state index contributed by atoms with van der Waals surface area (Å²) in [7, 11) is 0. The van der Waals surface area contributed by atoms with Gasteiger partial charge in [0.2, 0.25) is 0 Å². The fraction of sp³-hybridized carbons (Fsp3) is 0.167. The maximum Gasteiger partial charge on any atom is -0.00975 e. The molecule has 0 saturated heterocycles. The van der Waals surface area contributed by atoms with E-state index in [1.807, 2.05) is 12.2 Å². The predicted molar refractivity (Wildman–Crippen MR) is 55.2 cm³/mol. The lowest BCUT2D eigenvalue weighted by atomic mass is 10.0. The van der Waals surface area contributed by atoms with Gasteiger partial charge in [0, 0.05) is 0 Å². The Bertz CT molecular complexity index is 295. The molecule has 0 saturated carbocycles. The van der Waals surface area contributed by atoms with Crippen molar-refractivity contribution in [3.05, 3.63) is 54.1 Å². The molecule has 0 aliphatic heterocycles. The topological polar surface area (TPSA) is 0 Å². The zero-order valence-corrected chi connectivity index (χ0v) is 7.51. The second-order valence-corrected chi connectivity index (χ2v) is 2.88. The number of benzene rings is 1. The Labute approximate surface area is 74.2 Å². The van der Waals surface area contributed by atoms with Gasteiger partial charge in [0.15, 0.2) is 0 Å². The normalized spacial score (nSPS) is 9.42. The standard InChI is InChI=1S/C12H14/c1-4-6-12-8-7-11(5-2)9-10(12)3/h4-5,7-9H,1-2,6H2,3H3. The molecule has 0 radical (unpaired) electrons. The minimum atomic E-state index is 0.948. The molecule has 0 unspecified atom stereocenters. The molecule has 12 heavy (non-hydrogen) atoms. The van der Waals surface area contributed by atoms with Gasteiger partial charge >= 0.3 is 0 Å². The lowest BCUT2D eigenvalue weighted by Crippen LogP contribution is -1.86. The third kappa shape index (κ3) is 1.85. The molecule has 0 spiro atoms. The summed E-state index contributed by atoms with van der Waals surface area (Å²) in [6.07, 6.45) is 4.74. The number of hydrogen-bond donors (Lipinski definition) is 0. The number of rotatable bonds is 3. The molecule has 0 aromatic heterocycles. The minimum absolute atomic E-state index is 0.948. The van der Waals surface area contributed by atoms with Crippen molar-refractivity contribution in [2.24, 2.45) is 0 Å². The van der Waals surface area contributed by atoms with E-state index in [0.717, 1.165) is 6.42 Å². The molecule has 62 valence electrons. The molecule has 0 heterocycles. The maximum atomic E-state index is 3.73. The first-order valence-electron chi connectivity index (χ1n) is 4.11. The third-order valence-electron chi connectivity index (χ3n) is 1.97. The van der Waals surface area contributed by atoms with Crippen LogP contribution in [0.2, 0.25) is 0 Å². The second-order valence-electron chi connectivity index (χ2n) is 2.88. The molecule has 1 aromatic carbocycles. The van der Waals surface area contributed by atoms with E-state index < -0.39 is 0 Å². The highest BCUT2D eigenvalue weighted by atomic mass is 14.0. The van der Waals surface area contributed by atoms with Gasteiger partial charge in [-0.1, -0.05) is 36.9 Å². The summed E-state index contributed by atoms with van der Waals surface area (Å²) in [5, 5.41) is 0. The summed E-state index contributed by atoms with van der Waals surface area (Å²) in [5.41, 5.74) is 3.84. The van der Waals surface area contributed by atoms with E-state index in [4.69, 9.17) is 0 Å². The van der Waals surface area contributed by atoms with Crippen molar-refractivity contribution in [3.63, 3.8) is 0 Å². The third-order valence-corrected chi connectivity index (χ3v) is 1.97. The van der Waals surface area contributed by atoms with Crippen molar-refractivity contribution in [3.8, 4) is 0 Å². The first-order valence-corrected chi connectivity index (χ1v) is 4.11. The van der Waals surface area contributed by atoms with Crippen LogP contribution in [-0.2, 0) is 6.42 Å². The summed E-state index contributed by atoms with van der Waals surface area (Å²) in [4.78, 5) is 0. The molecule has 0 heteroatoms. The van der Waals surface area contributed by atoms with Gasteiger partial charge in [-0.15, -0.1) is 6.58 Å². The van der Waals surface area contributed by atoms with E-state index in [-0.39, 0.29) is 0 Å². The highest BCUT2D eigenvalue weighted by Crippen LogP contribution is 2.12. The molecule has 0 atom stereocenters. The van der Waals surface area contributed by atoms with Crippen molar-refractivity contribution in [2.45, 2.75) is 13.3 Å². The zero-order valence-electron chi connectivity index (χ0n) is 7.51. The van der Waals surface area contributed by atoms with E-state index in [9.17, 15) is 0 Å². The quantitative estimate of drug-likeness (QED) is 0.592. The van der Waals surface area contributed by atoms with E-state index in [0.29, 0.717) is 0 Å². The van der Waals surface area contributed by atoms with Crippen LogP contribution < -0.4 is 0 Å². The van der Waals surface area contributed by atoms with Crippen LogP contribution >= 0.6 is 0 Å². The molecule has 0 fully saturated rings. The van der Waals surface area contributed by atoms with Crippen LogP contribution in [0.25, 0.3) is 6.08 Å². The Morgan fingerprint density at radius 2 is 2.08 bits per heavy atom. The second kappa shape index (κ2) is 3.91. The SMILES string of the molecule is C=CCc1ccc(C=C)cc1C.